The topological polar surface area (TPSA) is 19.4 Å². The minimum absolute atomic E-state index is 0.728. The van der Waals surface area contributed by atoms with Gasteiger partial charge in [0.1, 0.15) is 0 Å². The summed E-state index contributed by atoms with van der Waals surface area (Å²) in [5.74, 6) is 0. The number of piperidine rings is 1. The van der Waals surface area contributed by atoms with E-state index in [1.165, 1.54) is 18.5 Å². The summed E-state index contributed by atoms with van der Waals surface area (Å²) in [6.45, 7) is 2.24. The third-order valence-electron chi connectivity index (χ3n) is 3.28. The second kappa shape index (κ2) is 5.15. The largest absolute Gasteiger partial charge is 0.369 e. The number of nitrogens with zero attached hydrogens (tertiary/aromatic N) is 3. The van der Waals surface area contributed by atoms with Crippen molar-refractivity contribution in [1.29, 1.82) is 0 Å². The maximum Gasteiger partial charge on any atom is 0.0697 e. The molecule has 0 bridgehead atoms. The van der Waals surface area contributed by atoms with Crippen molar-refractivity contribution in [2.75, 3.05) is 32.1 Å². The zero-order valence-corrected chi connectivity index (χ0v) is 11.4. The molecule has 4 heteroatoms. The molecule has 1 aliphatic rings. The summed E-state index contributed by atoms with van der Waals surface area (Å²) < 4.78 is 1.14. The van der Waals surface area contributed by atoms with E-state index in [4.69, 9.17) is 0 Å². The first kappa shape index (κ1) is 11.9. The number of hydrogen-bond donors (Lipinski definition) is 0. The van der Waals surface area contributed by atoms with Crippen LogP contribution in [-0.4, -0.2) is 43.1 Å². The maximum atomic E-state index is 4.19. The lowest BCUT2D eigenvalue weighted by Crippen LogP contribution is -2.42. The van der Waals surface area contributed by atoms with Crippen molar-refractivity contribution >= 4 is 21.6 Å². The summed E-state index contributed by atoms with van der Waals surface area (Å²) in [7, 11) is 4.33. The molecule has 1 fully saturated rings. The zero-order valence-electron chi connectivity index (χ0n) is 9.86. The summed E-state index contributed by atoms with van der Waals surface area (Å²) in [6, 6.07) is 2.74. The molecule has 0 N–H and O–H groups in total. The third kappa shape index (κ3) is 2.55. The molecule has 2 rings (SSSR count). The molecule has 0 aliphatic carbocycles. The van der Waals surface area contributed by atoms with Crippen LogP contribution in [0, 0.1) is 0 Å². The average Bonchev–Trinajstić information content (AvgIpc) is 2.30. The van der Waals surface area contributed by atoms with Crippen molar-refractivity contribution in [3.63, 3.8) is 0 Å². The number of hydrogen-bond acceptors (Lipinski definition) is 3. The van der Waals surface area contributed by atoms with Gasteiger partial charge in [-0.1, -0.05) is 0 Å². The van der Waals surface area contributed by atoms with Gasteiger partial charge in [0, 0.05) is 29.8 Å². The van der Waals surface area contributed by atoms with Gasteiger partial charge in [0.2, 0.25) is 0 Å². The van der Waals surface area contributed by atoms with E-state index in [0.29, 0.717) is 0 Å². The molecule has 0 aromatic carbocycles. The van der Waals surface area contributed by atoms with Gasteiger partial charge in [-0.25, -0.2) is 0 Å². The molecule has 0 spiro atoms. The minimum atomic E-state index is 0.728. The van der Waals surface area contributed by atoms with Crippen molar-refractivity contribution in [3.05, 3.63) is 22.9 Å². The van der Waals surface area contributed by atoms with Gasteiger partial charge in [-0.15, -0.1) is 0 Å². The molecule has 0 radical (unpaired) electrons. The van der Waals surface area contributed by atoms with Gasteiger partial charge in [-0.2, -0.15) is 0 Å². The molecule has 88 valence electrons. The Morgan fingerprint density at radius 3 is 2.62 bits per heavy atom. The van der Waals surface area contributed by atoms with Crippen LogP contribution in [0.1, 0.15) is 12.8 Å². The lowest BCUT2D eigenvalue weighted by molar-refractivity contribution is 0.249. The minimum Gasteiger partial charge on any atom is -0.369 e. The Labute approximate surface area is 106 Å². The predicted molar refractivity (Wildman–Crippen MR) is 70.9 cm³/mol. The Morgan fingerprint density at radius 1 is 1.38 bits per heavy atom. The van der Waals surface area contributed by atoms with Crippen molar-refractivity contribution in [2.45, 2.75) is 18.9 Å². The van der Waals surface area contributed by atoms with E-state index < -0.39 is 0 Å². The molecule has 2 heterocycles. The van der Waals surface area contributed by atoms with Crippen LogP contribution in [0.2, 0.25) is 0 Å². The number of pyridine rings is 1. The number of rotatable bonds is 2. The summed E-state index contributed by atoms with van der Waals surface area (Å²) in [6.07, 6.45) is 6.23. The summed E-state index contributed by atoms with van der Waals surface area (Å²) in [4.78, 5) is 8.94. The molecular formula is C12H18BrN3. The van der Waals surface area contributed by atoms with Gasteiger partial charge in [0.15, 0.2) is 0 Å². The highest BCUT2D eigenvalue weighted by molar-refractivity contribution is 9.10. The van der Waals surface area contributed by atoms with Crippen LogP contribution in [0.5, 0.6) is 0 Å². The van der Waals surface area contributed by atoms with E-state index in [9.17, 15) is 0 Å². The Kier molecular flexibility index (Phi) is 3.82. The van der Waals surface area contributed by atoms with Crippen molar-refractivity contribution < 1.29 is 0 Å². The normalized spacial score (nSPS) is 18.1. The third-order valence-corrected chi connectivity index (χ3v) is 3.95. The predicted octanol–water partition coefficient (Wildman–Crippen LogP) is 2.37. The molecule has 3 nitrogen and oxygen atoms in total. The summed E-state index contributed by atoms with van der Waals surface area (Å²) >= 11 is 3.58. The lowest BCUT2D eigenvalue weighted by Gasteiger charge is -2.36. The molecule has 1 aromatic heterocycles. The van der Waals surface area contributed by atoms with E-state index in [2.05, 4.69) is 44.8 Å². The van der Waals surface area contributed by atoms with E-state index in [-0.39, 0.29) is 0 Å². The van der Waals surface area contributed by atoms with Gasteiger partial charge < -0.3 is 9.80 Å². The first-order valence-electron chi connectivity index (χ1n) is 5.69. The Bertz CT molecular complexity index is 346. The zero-order chi connectivity index (χ0) is 11.5. The van der Waals surface area contributed by atoms with Crippen LogP contribution in [0.4, 0.5) is 5.69 Å². The Balaban J connectivity index is 2.02. The molecule has 1 saturated heterocycles. The van der Waals surface area contributed by atoms with Crippen LogP contribution in [0.15, 0.2) is 22.9 Å². The van der Waals surface area contributed by atoms with Crippen molar-refractivity contribution in [3.8, 4) is 0 Å². The van der Waals surface area contributed by atoms with Crippen molar-refractivity contribution in [2.24, 2.45) is 0 Å². The van der Waals surface area contributed by atoms with Crippen LogP contribution in [0.3, 0.4) is 0 Å². The number of anilines is 1. The van der Waals surface area contributed by atoms with Crippen LogP contribution < -0.4 is 4.90 Å². The van der Waals surface area contributed by atoms with Gasteiger partial charge in [0.25, 0.3) is 0 Å². The molecule has 16 heavy (non-hydrogen) atoms. The van der Waals surface area contributed by atoms with Crippen LogP contribution >= 0.6 is 15.9 Å². The number of halogens is 1. The molecular weight excluding hydrogens is 266 g/mol. The van der Waals surface area contributed by atoms with Crippen molar-refractivity contribution in [1.82, 2.24) is 9.88 Å². The fraction of sp³-hybridized carbons (Fsp3) is 0.583. The molecule has 1 aromatic rings. The maximum absolute atomic E-state index is 4.19. The highest BCUT2D eigenvalue weighted by Gasteiger charge is 2.21. The highest BCUT2D eigenvalue weighted by atomic mass is 79.9. The van der Waals surface area contributed by atoms with Gasteiger partial charge >= 0.3 is 0 Å². The fourth-order valence-electron chi connectivity index (χ4n) is 2.23. The second-order valence-corrected chi connectivity index (χ2v) is 5.36. The smallest absolute Gasteiger partial charge is 0.0697 e. The SMILES string of the molecule is CN(C)C1CCN(c2cnccc2Br)CC1. The van der Waals surface area contributed by atoms with Gasteiger partial charge in [-0.05, 0) is 48.9 Å². The van der Waals surface area contributed by atoms with E-state index in [1.54, 1.807) is 0 Å². The number of aromatic nitrogens is 1. The lowest BCUT2D eigenvalue weighted by atomic mass is 10.0. The van der Waals surface area contributed by atoms with E-state index in [0.717, 1.165) is 23.6 Å². The Morgan fingerprint density at radius 2 is 2.06 bits per heavy atom. The summed E-state index contributed by atoms with van der Waals surface area (Å²) in [5.41, 5.74) is 1.22. The van der Waals surface area contributed by atoms with Crippen LogP contribution in [-0.2, 0) is 0 Å². The molecule has 0 amide bonds. The quantitative estimate of drug-likeness (QED) is 0.831. The molecule has 0 unspecified atom stereocenters. The fourth-order valence-corrected chi connectivity index (χ4v) is 2.70. The van der Waals surface area contributed by atoms with E-state index in [1.807, 2.05) is 18.5 Å². The highest BCUT2D eigenvalue weighted by Crippen LogP contribution is 2.27. The second-order valence-electron chi connectivity index (χ2n) is 4.51. The first-order valence-corrected chi connectivity index (χ1v) is 6.48. The van der Waals surface area contributed by atoms with Gasteiger partial charge in [0.05, 0.1) is 11.9 Å². The monoisotopic (exact) mass is 283 g/mol. The standard InChI is InChI=1S/C12H18BrN3/c1-15(2)10-4-7-16(8-5-10)12-9-14-6-3-11(12)13/h3,6,9-10H,4-5,7-8H2,1-2H3. The molecule has 1 aliphatic heterocycles. The molecule has 0 saturated carbocycles. The van der Waals surface area contributed by atoms with E-state index >= 15 is 0 Å². The average molecular weight is 284 g/mol. The summed E-state index contributed by atoms with van der Waals surface area (Å²) in [5, 5.41) is 0. The van der Waals surface area contributed by atoms with Crippen LogP contribution in [0.25, 0.3) is 0 Å². The first-order chi connectivity index (χ1) is 7.68. The molecule has 0 atom stereocenters. The Hall–Kier alpha value is -0.610. The van der Waals surface area contributed by atoms with Gasteiger partial charge in [-0.3, -0.25) is 4.98 Å².